The fourth-order valence-corrected chi connectivity index (χ4v) is 5.29. The maximum absolute atomic E-state index is 13.4. The molecular formula is C24H13ClN4O8S. The molecule has 0 atom stereocenters. The lowest BCUT2D eigenvalue weighted by molar-refractivity contribution is -0.385. The van der Waals surface area contributed by atoms with E-state index in [0.29, 0.717) is 9.92 Å². The molecule has 0 radical (unpaired) electrons. The summed E-state index contributed by atoms with van der Waals surface area (Å²) in [6.07, 6.45) is 0. The van der Waals surface area contributed by atoms with E-state index in [-0.39, 0.29) is 38.2 Å². The molecule has 38 heavy (non-hydrogen) atoms. The highest BCUT2D eigenvalue weighted by Crippen LogP contribution is 2.38. The SMILES string of the molecule is O=C1c2cc([N+](=O)[O-])cc3cc([N+](=O)[O-])cc(c23)C(=O)N1c1ccc(S(=O)(=O)Nc2ccc(Cl)cc2)cc1. The van der Waals surface area contributed by atoms with Gasteiger partial charge in [-0.05, 0) is 53.9 Å². The van der Waals surface area contributed by atoms with Crippen LogP contribution in [0, 0.1) is 20.2 Å². The Kier molecular flexibility index (Phi) is 5.81. The van der Waals surface area contributed by atoms with E-state index in [4.69, 9.17) is 11.6 Å². The number of nitro groups is 2. The number of amides is 2. The third-order valence-electron chi connectivity index (χ3n) is 5.81. The van der Waals surface area contributed by atoms with Gasteiger partial charge in [0.2, 0.25) is 0 Å². The molecule has 1 N–H and O–H groups in total. The molecule has 12 nitrogen and oxygen atoms in total. The highest BCUT2D eigenvalue weighted by atomic mass is 35.5. The Bertz CT molecular complexity index is 1740. The largest absolute Gasteiger partial charge is 0.280 e. The number of halogens is 1. The number of carbonyl (C=O) groups excluding carboxylic acids is 2. The summed E-state index contributed by atoms with van der Waals surface area (Å²) in [6, 6.07) is 14.8. The molecule has 1 heterocycles. The first-order chi connectivity index (χ1) is 18.0. The van der Waals surface area contributed by atoms with Gasteiger partial charge < -0.3 is 0 Å². The first kappa shape index (κ1) is 24.8. The summed E-state index contributed by atoms with van der Waals surface area (Å²) < 4.78 is 27.9. The number of nitro benzene ring substituents is 2. The van der Waals surface area contributed by atoms with E-state index < -0.39 is 43.1 Å². The Morgan fingerprint density at radius 1 is 0.763 bits per heavy atom. The molecule has 4 aromatic carbocycles. The molecule has 0 aliphatic carbocycles. The van der Waals surface area contributed by atoms with Crippen LogP contribution in [0.4, 0.5) is 22.7 Å². The van der Waals surface area contributed by atoms with Crippen molar-refractivity contribution in [2.24, 2.45) is 0 Å². The minimum atomic E-state index is -4.04. The fraction of sp³-hybridized carbons (Fsp3) is 0. The second-order valence-corrected chi connectivity index (χ2v) is 10.3. The Balaban J connectivity index is 1.57. The number of nitrogens with zero attached hydrogens (tertiary/aromatic N) is 3. The van der Waals surface area contributed by atoms with Crippen molar-refractivity contribution in [3.05, 3.63) is 109 Å². The molecule has 0 bridgehead atoms. The summed E-state index contributed by atoms with van der Waals surface area (Å²) in [5, 5.41) is 23.4. The highest BCUT2D eigenvalue weighted by molar-refractivity contribution is 7.92. The third-order valence-corrected chi connectivity index (χ3v) is 7.46. The van der Waals surface area contributed by atoms with Crippen LogP contribution < -0.4 is 9.62 Å². The Hall–Kier alpha value is -4.88. The first-order valence-corrected chi connectivity index (χ1v) is 12.5. The van der Waals surface area contributed by atoms with E-state index in [1.54, 1.807) is 0 Å². The molecule has 0 aromatic heterocycles. The Labute approximate surface area is 218 Å². The maximum atomic E-state index is 13.4. The van der Waals surface area contributed by atoms with Crippen molar-refractivity contribution in [2.75, 3.05) is 9.62 Å². The molecule has 4 aromatic rings. The van der Waals surface area contributed by atoms with E-state index in [0.717, 1.165) is 24.3 Å². The summed E-state index contributed by atoms with van der Waals surface area (Å²) in [5.41, 5.74) is -1.15. The molecule has 0 fully saturated rings. The topological polar surface area (TPSA) is 170 Å². The average Bonchev–Trinajstić information content (AvgIpc) is 2.88. The van der Waals surface area contributed by atoms with Crippen molar-refractivity contribution >= 4 is 67.0 Å². The van der Waals surface area contributed by atoms with Gasteiger partial charge in [0.15, 0.2) is 0 Å². The standard InChI is InChI=1S/C24H13ClN4O8S/c25-14-1-3-15(4-2-14)26-38(36,37)19-7-5-16(6-8-19)27-23(30)20-11-17(28(32)33)9-13-10-18(29(34)35)12-21(22(13)20)24(27)31/h1-12,26H. The van der Waals surface area contributed by atoms with Gasteiger partial charge in [-0.25, -0.2) is 13.3 Å². The number of non-ortho nitro benzene ring substituents is 2. The molecule has 0 unspecified atom stereocenters. The average molecular weight is 553 g/mol. The van der Waals surface area contributed by atoms with Crippen LogP contribution in [0.25, 0.3) is 10.8 Å². The number of anilines is 2. The summed E-state index contributed by atoms with van der Waals surface area (Å²) in [4.78, 5) is 48.6. The number of hydrogen-bond donors (Lipinski definition) is 1. The van der Waals surface area contributed by atoms with E-state index in [1.807, 2.05) is 0 Å². The lowest BCUT2D eigenvalue weighted by Gasteiger charge is -2.27. The van der Waals surface area contributed by atoms with Crippen LogP contribution in [0.3, 0.4) is 0 Å². The monoisotopic (exact) mass is 552 g/mol. The van der Waals surface area contributed by atoms with Crippen LogP contribution in [-0.2, 0) is 10.0 Å². The number of hydrogen-bond acceptors (Lipinski definition) is 8. The van der Waals surface area contributed by atoms with Gasteiger partial charge in [-0.15, -0.1) is 0 Å². The van der Waals surface area contributed by atoms with Gasteiger partial charge in [-0.2, -0.15) is 0 Å². The number of sulfonamides is 1. The maximum Gasteiger partial charge on any atom is 0.270 e. The van der Waals surface area contributed by atoms with Crippen molar-refractivity contribution in [1.29, 1.82) is 0 Å². The van der Waals surface area contributed by atoms with Crippen LogP contribution in [0.1, 0.15) is 20.7 Å². The minimum Gasteiger partial charge on any atom is -0.280 e. The van der Waals surface area contributed by atoms with Gasteiger partial charge in [0.1, 0.15) is 0 Å². The van der Waals surface area contributed by atoms with E-state index >= 15 is 0 Å². The van der Waals surface area contributed by atoms with Gasteiger partial charge in [0.25, 0.3) is 33.2 Å². The van der Waals surface area contributed by atoms with Crippen molar-refractivity contribution in [3.8, 4) is 0 Å². The number of imide groups is 1. The van der Waals surface area contributed by atoms with Gasteiger partial charge in [0.05, 0.1) is 31.6 Å². The predicted molar refractivity (Wildman–Crippen MR) is 137 cm³/mol. The van der Waals surface area contributed by atoms with E-state index in [1.165, 1.54) is 48.5 Å². The molecule has 0 spiro atoms. The van der Waals surface area contributed by atoms with Gasteiger partial charge >= 0.3 is 0 Å². The van der Waals surface area contributed by atoms with Crippen LogP contribution in [0.2, 0.25) is 5.02 Å². The summed E-state index contributed by atoms with van der Waals surface area (Å²) in [6.45, 7) is 0. The van der Waals surface area contributed by atoms with Crippen LogP contribution in [0.5, 0.6) is 0 Å². The summed E-state index contributed by atoms with van der Waals surface area (Å²) >= 11 is 5.82. The molecule has 1 aliphatic rings. The molecule has 1 aliphatic heterocycles. The van der Waals surface area contributed by atoms with Crippen molar-refractivity contribution in [1.82, 2.24) is 0 Å². The van der Waals surface area contributed by atoms with Crippen LogP contribution in [-0.4, -0.2) is 30.1 Å². The van der Waals surface area contributed by atoms with Gasteiger partial charge in [-0.1, -0.05) is 11.6 Å². The number of carbonyl (C=O) groups is 2. The lowest BCUT2D eigenvalue weighted by Crippen LogP contribution is -2.40. The smallest absolute Gasteiger partial charge is 0.270 e. The number of nitrogens with one attached hydrogen (secondary N) is 1. The Morgan fingerprint density at radius 2 is 1.26 bits per heavy atom. The molecule has 2 amide bonds. The van der Waals surface area contributed by atoms with E-state index in [2.05, 4.69) is 4.72 Å². The zero-order chi connectivity index (χ0) is 27.4. The summed E-state index contributed by atoms with van der Waals surface area (Å²) in [7, 11) is -4.04. The summed E-state index contributed by atoms with van der Waals surface area (Å²) in [5.74, 6) is -1.81. The van der Waals surface area contributed by atoms with Crippen molar-refractivity contribution in [2.45, 2.75) is 4.90 Å². The molecule has 0 saturated carbocycles. The molecular weight excluding hydrogens is 540 g/mol. The zero-order valence-electron chi connectivity index (χ0n) is 18.8. The second kappa shape index (κ2) is 8.90. The van der Waals surface area contributed by atoms with Gasteiger partial charge in [-0.3, -0.25) is 34.5 Å². The second-order valence-electron chi connectivity index (χ2n) is 8.15. The van der Waals surface area contributed by atoms with Crippen LogP contribution in [0.15, 0.2) is 77.7 Å². The zero-order valence-corrected chi connectivity index (χ0v) is 20.4. The molecule has 5 rings (SSSR count). The fourth-order valence-electron chi connectivity index (χ4n) is 4.11. The lowest BCUT2D eigenvalue weighted by atomic mass is 9.92. The van der Waals surface area contributed by atoms with Crippen LogP contribution >= 0.6 is 11.6 Å². The normalized spacial score (nSPS) is 13.0. The predicted octanol–water partition coefficient (Wildman–Crippen LogP) is 4.91. The van der Waals surface area contributed by atoms with Crippen molar-refractivity contribution < 1.29 is 27.9 Å². The minimum absolute atomic E-state index is 0.00512. The number of benzene rings is 4. The van der Waals surface area contributed by atoms with Gasteiger partial charge in [0, 0.05) is 40.4 Å². The molecule has 0 saturated heterocycles. The third kappa shape index (κ3) is 4.19. The highest BCUT2D eigenvalue weighted by Gasteiger charge is 2.37. The molecule has 14 heteroatoms. The molecule has 190 valence electrons. The Morgan fingerprint density at radius 3 is 1.74 bits per heavy atom. The van der Waals surface area contributed by atoms with Crippen molar-refractivity contribution in [3.63, 3.8) is 0 Å². The quantitative estimate of drug-likeness (QED) is 0.200. The number of rotatable bonds is 6. The van der Waals surface area contributed by atoms with E-state index in [9.17, 15) is 38.2 Å². The first-order valence-electron chi connectivity index (χ1n) is 10.6.